The smallest absolute Gasteiger partial charge is 0.192 e. The van der Waals surface area contributed by atoms with Gasteiger partial charge in [-0.3, -0.25) is 0 Å². The zero-order valence-corrected chi connectivity index (χ0v) is 20.7. The fraction of sp³-hybridized carbons (Fsp3) is 0.714. The third-order valence-corrected chi connectivity index (χ3v) is 15.3. The molecule has 0 atom stereocenters. The van der Waals surface area contributed by atoms with Crippen LogP contribution in [0.1, 0.15) is 53.0 Å². The summed E-state index contributed by atoms with van der Waals surface area (Å²) < 4.78 is 13.1. The summed E-state index contributed by atoms with van der Waals surface area (Å²) in [7, 11) is -3.58. The van der Waals surface area contributed by atoms with Crippen LogP contribution in [0.3, 0.4) is 0 Å². The van der Waals surface area contributed by atoms with Crippen molar-refractivity contribution in [3.63, 3.8) is 0 Å². The van der Waals surface area contributed by atoms with Crippen LogP contribution in [0.2, 0.25) is 36.3 Å². The van der Waals surface area contributed by atoms with Gasteiger partial charge in [0.15, 0.2) is 16.6 Å². The Kier molecular flexibility index (Phi) is 7.36. The van der Waals surface area contributed by atoms with Gasteiger partial charge in [-0.15, -0.1) is 0 Å². The maximum absolute atomic E-state index is 6.53. The van der Waals surface area contributed by atoms with Crippen LogP contribution in [0.4, 0.5) is 5.69 Å². The number of hydrogen-bond acceptors (Lipinski definition) is 3. The average Bonchev–Trinajstić information content (AvgIpc) is 2.46. The van der Waals surface area contributed by atoms with Gasteiger partial charge in [0.2, 0.25) is 0 Å². The van der Waals surface area contributed by atoms with Crippen LogP contribution in [0.25, 0.3) is 0 Å². The maximum Gasteiger partial charge on any atom is 0.192 e. The topological polar surface area (TPSA) is 44.5 Å². The normalized spacial score (nSPS) is 14.1. The first kappa shape index (κ1) is 23.4. The molecule has 2 N–H and O–H groups in total. The Morgan fingerprint density at radius 1 is 0.769 bits per heavy atom. The lowest BCUT2D eigenvalue weighted by atomic mass is 10.0. The lowest BCUT2D eigenvalue weighted by Gasteiger charge is -2.39. The zero-order chi connectivity index (χ0) is 20.4. The van der Waals surface area contributed by atoms with E-state index >= 15 is 0 Å². The van der Waals surface area contributed by atoms with Crippen molar-refractivity contribution in [3.05, 3.63) is 29.8 Å². The van der Waals surface area contributed by atoms with Crippen LogP contribution in [0, 0.1) is 0 Å². The molecule has 26 heavy (non-hydrogen) atoms. The Labute approximate surface area is 163 Å². The molecule has 0 aromatic heterocycles. The fourth-order valence-electron chi connectivity index (χ4n) is 2.06. The number of rotatable bonds is 7. The highest BCUT2D eigenvalue weighted by atomic mass is 28.4. The standard InChI is InChI=1S/C21H41NO2Si2/c1-20(2,3)25(7,8)23-15-18(17-11-13-19(22)14-12-17)16-24-26(9,10)21(4,5)6/h11-14,18H,15-16,22H2,1-10H3. The first-order valence-corrected chi connectivity index (χ1v) is 15.5. The second kappa shape index (κ2) is 8.17. The zero-order valence-electron chi connectivity index (χ0n) is 18.7. The van der Waals surface area contributed by atoms with Crippen molar-refractivity contribution in [3.8, 4) is 0 Å². The summed E-state index contributed by atoms with van der Waals surface area (Å²) in [5.74, 6) is 0.235. The van der Waals surface area contributed by atoms with Gasteiger partial charge in [0, 0.05) is 24.8 Å². The highest BCUT2D eigenvalue weighted by Crippen LogP contribution is 2.39. The predicted molar refractivity (Wildman–Crippen MR) is 120 cm³/mol. The number of anilines is 1. The maximum atomic E-state index is 6.53. The first-order valence-electron chi connectivity index (χ1n) is 9.70. The van der Waals surface area contributed by atoms with Crippen LogP contribution in [-0.2, 0) is 8.85 Å². The van der Waals surface area contributed by atoms with E-state index in [-0.39, 0.29) is 16.0 Å². The molecule has 0 aliphatic carbocycles. The quantitative estimate of drug-likeness (QED) is 0.429. The van der Waals surface area contributed by atoms with E-state index in [2.05, 4.69) is 79.9 Å². The number of hydrogen-bond donors (Lipinski definition) is 1. The molecule has 150 valence electrons. The van der Waals surface area contributed by atoms with Gasteiger partial charge in [0.25, 0.3) is 0 Å². The van der Waals surface area contributed by atoms with Crippen LogP contribution in [-0.4, -0.2) is 29.8 Å². The lowest BCUT2D eigenvalue weighted by Crippen LogP contribution is -2.44. The number of benzene rings is 1. The highest BCUT2D eigenvalue weighted by Gasteiger charge is 2.39. The van der Waals surface area contributed by atoms with Crippen molar-refractivity contribution in [1.82, 2.24) is 0 Å². The number of nitrogen functional groups attached to an aromatic ring is 1. The van der Waals surface area contributed by atoms with Gasteiger partial charge >= 0.3 is 0 Å². The van der Waals surface area contributed by atoms with E-state index in [1.54, 1.807) is 0 Å². The Bertz CT molecular complexity index is 539. The molecule has 0 saturated carbocycles. The molecular weight excluding hydrogens is 354 g/mol. The van der Waals surface area contributed by atoms with Crippen LogP contribution in [0.15, 0.2) is 24.3 Å². The lowest BCUT2D eigenvalue weighted by molar-refractivity contribution is 0.196. The molecule has 1 rings (SSSR count). The Morgan fingerprint density at radius 3 is 1.42 bits per heavy atom. The second-order valence-corrected chi connectivity index (χ2v) is 20.1. The largest absolute Gasteiger partial charge is 0.416 e. The molecule has 0 spiro atoms. The Morgan fingerprint density at radius 2 is 1.12 bits per heavy atom. The summed E-state index contributed by atoms with van der Waals surface area (Å²) in [6.45, 7) is 24.3. The monoisotopic (exact) mass is 395 g/mol. The minimum Gasteiger partial charge on any atom is -0.416 e. The minimum absolute atomic E-state index is 0.207. The van der Waals surface area contributed by atoms with Crippen LogP contribution >= 0.6 is 0 Å². The van der Waals surface area contributed by atoms with Crippen LogP contribution < -0.4 is 5.73 Å². The van der Waals surface area contributed by atoms with E-state index in [9.17, 15) is 0 Å². The molecule has 5 heteroatoms. The predicted octanol–water partition coefficient (Wildman–Crippen LogP) is 6.40. The van der Waals surface area contributed by atoms with Gasteiger partial charge in [-0.25, -0.2) is 0 Å². The minimum atomic E-state index is -1.79. The summed E-state index contributed by atoms with van der Waals surface area (Å²) in [5.41, 5.74) is 7.92. The molecule has 1 aromatic carbocycles. The van der Waals surface area contributed by atoms with Gasteiger partial charge < -0.3 is 14.6 Å². The number of nitrogens with two attached hydrogens (primary N) is 1. The molecule has 0 amide bonds. The SMILES string of the molecule is CC(C)(C)[Si](C)(C)OCC(CO[Si](C)(C)C(C)(C)C)c1ccc(N)cc1. The van der Waals surface area contributed by atoms with Gasteiger partial charge in [-0.05, 0) is 54.0 Å². The summed E-state index contributed by atoms with van der Waals surface area (Å²) in [6, 6.07) is 8.18. The Balaban J connectivity index is 2.95. The molecular formula is C21H41NO2Si2. The highest BCUT2D eigenvalue weighted by molar-refractivity contribution is 6.74. The van der Waals surface area contributed by atoms with E-state index in [4.69, 9.17) is 14.6 Å². The summed E-state index contributed by atoms with van der Waals surface area (Å²) >= 11 is 0. The summed E-state index contributed by atoms with van der Waals surface area (Å²) in [4.78, 5) is 0. The average molecular weight is 396 g/mol. The van der Waals surface area contributed by atoms with Crippen molar-refractivity contribution < 1.29 is 8.85 Å². The Hall–Kier alpha value is -0.626. The van der Waals surface area contributed by atoms with Gasteiger partial charge in [-0.2, -0.15) is 0 Å². The van der Waals surface area contributed by atoms with Gasteiger partial charge in [0.1, 0.15) is 0 Å². The van der Waals surface area contributed by atoms with E-state index in [0.717, 1.165) is 5.69 Å². The van der Waals surface area contributed by atoms with Crippen molar-refractivity contribution in [2.45, 2.75) is 83.7 Å². The van der Waals surface area contributed by atoms with Crippen LogP contribution in [0.5, 0.6) is 0 Å². The summed E-state index contributed by atoms with van der Waals surface area (Å²) in [6.07, 6.45) is 0. The first-order chi connectivity index (χ1) is 11.6. The third-order valence-electron chi connectivity index (χ3n) is 6.31. The molecule has 0 heterocycles. The second-order valence-electron chi connectivity index (χ2n) is 10.5. The molecule has 0 unspecified atom stereocenters. The van der Waals surface area contributed by atoms with E-state index in [1.807, 2.05) is 12.1 Å². The van der Waals surface area contributed by atoms with E-state index in [0.29, 0.717) is 13.2 Å². The fourth-order valence-corrected chi connectivity index (χ4v) is 4.16. The molecule has 0 fully saturated rings. The third kappa shape index (κ3) is 6.22. The molecule has 0 saturated heterocycles. The molecule has 1 aromatic rings. The summed E-state index contributed by atoms with van der Waals surface area (Å²) in [5, 5.41) is 0.415. The van der Waals surface area contributed by atoms with Gasteiger partial charge in [-0.1, -0.05) is 53.7 Å². The van der Waals surface area contributed by atoms with Crippen molar-refractivity contribution >= 4 is 22.3 Å². The molecule has 0 aliphatic rings. The molecule has 0 bridgehead atoms. The van der Waals surface area contributed by atoms with Crippen molar-refractivity contribution in [2.24, 2.45) is 0 Å². The van der Waals surface area contributed by atoms with Gasteiger partial charge in [0.05, 0.1) is 0 Å². The van der Waals surface area contributed by atoms with E-state index in [1.165, 1.54) is 5.56 Å². The van der Waals surface area contributed by atoms with E-state index < -0.39 is 16.6 Å². The molecule has 3 nitrogen and oxygen atoms in total. The van der Waals surface area contributed by atoms with Crippen molar-refractivity contribution in [1.29, 1.82) is 0 Å². The molecule has 0 aliphatic heterocycles. The van der Waals surface area contributed by atoms with Crippen molar-refractivity contribution in [2.75, 3.05) is 18.9 Å². The molecule has 0 radical (unpaired) electrons.